The molecular formula is C48H94N4O8. The van der Waals surface area contributed by atoms with Gasteiger partial charge in [-0.1, -0.05) is 29.7 Å². The number of rotatable bonds is 11. The Morgan fingerprint density at radius 3 is 0.717 bits per heavy atom. The minimum Gasteiger partial charge on any atom is -0.462 e. The Hall–Kier alpha value is -2.28. The van der Waals surface area contributed by atoms with Crippen molar-refractivity contribution in [1.82, 2.24) is 21.3 Å². The Balaban J connectivity index is 0.00000870. The molecule has 0 bridgehead atoms. The van der Waals surface area contributed by atoms with Gasteiger partial charge < -0.3 is 40.2 Å². The molecule has 4 heterocycles. The highest BCUT2D eigenvalue weighted by Crippen LogP contribution is 2.37. The first kappa shape index (κ1) is 57.7. The van der Waals surface area contributed by atoms with Crippen LogP contribution >= 0.6 is 0 Å². The normalized spacial score (nSPS) is 26.1. The van der Waals surface area contributed by atoms with Crippen LogP contribution in [0.5, 0.6) is 0 Å². The van der Waals surface area contributed by atoms with Gasteiger partial charge in [-0.15, -0.1) is 0 Å². The molecule has 4 rings (SSSR count). The highest BCUT2D eigenvalue weighted by molar-refractivity contribution is 5.88. The van der Waals surface area contributed by atoms with E-state index in [-0.39, 0.29) is 74.0 Å². The van der Waals surface area contributed by atoms with Crippen LogP contribution in [0.3, 0.4) is 0 Å². The summed E-state index contributed by atoms with van der Waals surface area (Å²) in [6.45, 7) is 33.1. The average molecular weight is 855 g/mol. The Morgan fingerprint density at radius 1 is 0.367 bits per heavy atom. The summed E-state index contributed by atoms with van der Waals surface area (Å²) in [5.74, 6) is -5.33. The number of hydrogen-bond donors (Lipinski definition) is 4. The standard InChI is InChI=1S/C44H78N4O8.4CH4/c1-37(2)19-27(20-38(3,4)45-37)53-33(49)17-31(35(51)55-29-23-41(9,10)47-42(11,12)24-29)32(36(52)56-30-25-43(13,14)48-44(15,16)26-30)18-34(50)54-28-21-39(5,6)46-40(7,8)22-28;;;;/h27-32,45-48H,17-26H2,1-16H3;4*1H4. The monoisotopic (exact) mass is 855 g/mol. The molecule has 0 radical (unpaired) electrons. The van der Waals surface area contributed by atoms with E-state index in [4.69, 9.17) is 18.9 Å². The van der Waals surface area contributed by atoms with E-state index in [0.717, 1.165) is 0 Å². The van der Waals surface area contributed by atoms with Gasteiger partial charge in [-0.05, 0) is 111 Å². The summed E-state index contributed by atoms with van der Waals surface area (Å²) in [5, 5.41) is 14.5. The van der Waals surface area contributed by atoms with Crippen LogP contribution in [0.2, 0.25) is 0 Å². The second-order valence-corrected chi connectivity index (χ2v) is 23.2. The predicted molar refractivity (Wildman–Crippen MR) is 245 cm³/mol. The summed E-state index contributed by atoms with van der Waals surface area (Å²) in [6.07, 6.45) is 1.83. The maximum atomic E-state index is 14.6. The van der Waals surface area contributed by atoms with E-state index in [0.29, 0.717) is 51.4 Å². The predicted octanol–water partition coefficient (Wildman–Crippen LogP) is 8.95. The van der Waals surface area contributed by atoms with Crippen molar-refractivity contribution in [3.63, 3.8) is 0 Å². The molecule has 2 unspecified atom stereocenters. The molecule has 0 aromatic heterocycles. The number of nitrogens with one attached hydrogen (secondary N) is 4. The van der Waals surface area contributed by atoms with Crippen LogP contribution in [-0.2, 0) is 38.1 Å². The van der Waals surface area contributed by atoms with Crippen molar-refractivity contribution in [3.05, 3.63) is 0 Å². The fraction of sp³-hybridized carbons (Fsp3) is 0.917. The maximum Gasteiger partial charge on any atom is 0.310 e. The van der Waals surface area contributed by atoms with Gasteiger partial charge in [-0.2, -0.15) is 0 Å². The Bertz CT molecular complexity index is 1290. The summed E-state index contributed by atoms with van der Waals surface area (Å²) < 4.78 is 24.8. The second kappa shape index (κ2) is 20.0. The van der Waals surface area contributed by atoms with Crippen LogP contribution in [0.1, 0.15) is 205 Å². The molecule has 354 valence electrons. The molecule has 0 spiro atoms. The van der Waals surface area contributed by atoms with Crippen LogP contribution in [-0.4, -0.2) is 92.6 Å². The van der Waals surface area contributed by atoms with Crippen LogP contribution < -0.4 is 21.3 Å². The van der Waals surface area contributed by atoms with Crippen LogP contribution in [0.15, 0.2) is 0 Å². The smallest absolute Gasteiger partial charge is 0.310 e. The van der Waals surface area contributed by atoms with Crippen molar-refractivity contribution < 1.29 is 38.1 Å². The van der Waals surface area contributed by atoms with Crippen LogP contribution in [0.4, 0.5) is 0 Å². The number of carbonyl (C=O) groups excluding carboxylic acids is 4. The Morgan fingerprint density at radius 2 is 0.533 bits per heavy atom. The molecule has 4 aliphatic rings. The lowest BCUT2D eigenvalue weighted by molar-refractivity contribution is -0.178. The minimum atomic E-state index is -1.34. The van der Waals surface area contributed by atoms with Gasteiger partial charge in [0.15, 0.2) is 0 Å². The summed E-state index contributed by atoms with van der Waals surface area (Å²) in [5.41, 5.74) is -2.47. The lowest BCUT2D eigenvalue weighted by Gasteiger charge is -2.47. The first-order valence-electron chi connectivity index (χ1n) is 21.1. The van der Waals surface area contributed by atoms with Gasteiger partial charge in [-0.25, -0.2) is 0 Å². The molecular weight excluding hydrogens is 761 g/mol. The third-order valence-electron chi connectivity index (χ3n) is 11.6. The molecule has 0 saturated carbocycles. The quantitative estimate of drug-likeness (QED) is 0.116. The van der Waals surface area contributed by atoms with E-state index < -0.39 is 73.0 Å². The molecule has 4 N–H and O–H groups in total. The molecule has 0 aromatic rings. The van der Waals surface area contributed by atoms with E-state index in [1.807, 2.05) is 0 Å². The topological polar surface area (TPSA) is 153 Å². The zero-order valence-electron chi connectivity index (χ0n) is 37.8. The third-order valence-corrected chi connectivity index (χ3v) is 11.6. The molecule has 60 heavy (non-hydrogen) atoms. The molecule has 4 fully saturated rings. The molecule has 0 amide bonds. The molecule has 2 atom stereocenters. The highest BCUT2D eigenvalue weighted by atomic mass is 16.6. The van der Waals surface area contributed by atoms with E-state index in [2.05, 4.69) is 132 Å². The first-order valence-corrected chi connectivity index (χ1v) is 21.1. The summed E-state index contributed by atoms with van der Waals surface area (Å²) in [6, 6.07) is 0. The van der Waals surface area contributed by atoms with Crippen LogP contribution in [0.25, 0.3) is 0 Å². The molecule has 4 saturated heterocycles. The fourth-order valence-electron chi connectivity index (χ4n) is 11.4. The summed E-state index contributed by atoms with van der Waals surface area (Å²) in [7, 11) is 0. The van der Waals surface area contributed by atoms with E-state index >= 15 is 0 Å². The zero-order valence-corrected chi connectivity index (χ0v) is 37.8. The van der Waals surface area contributed by atoms with Crippen molar-refractivity contribution in [2.45, 2.75) is 273 Å². The van der Waals surface area contributed by atoms with Gasteiger partial charge in [0.05, 0.1) is 24.7 Å². The largest absolute Gasteiger partial charge is 0.462 e. The minimum absolute atomic E-state index is 0. The third kappa shape index (κ3) is 17.5. The number of hydrogen-bond acceptors (Lipinski definition) is 12. The van der Waals surface area contributed by atoms with Gasteiger partial charge >= 0.3 is 23.9 Å². The number of ether oxygens (including phenoxy) is 4. The molecule has 12 nitrogen and oxygen atoms in total. The van der Waals surface area contributed by atoms with E-state index in [1.54, 1.807) is 0 Å². The van der Waals surface area contributed by atoms with Gasteiger partial charge in [0, 0.05) is 95.7 Å². The lowest BCUT2D eigenvalue weighted by atomic mass is 9.80. The SMILES string of the molecule is C.C.C.C.CC1(C)CC(OC(=O)CC(C(=O)OC2CC(C)(C)NC(C)(C)C2)C(CC(=O)OC2CC(C)(C)NC(C)(C)C2)C(=O)OC2CC(C)(C)NC(C)(C)C2)CC(C)(C)N1. The number of carbonyl (C=O) groups is 4. The molecule has 0 aromatic carbocycles. The zero-order chi connectivity index (χ0) is 42.5. The maximum absolute atomic E-state index is 14.6. The molecule has 0 aliphatic carbocycles. The van der Waals surface area contributed by atoms with Crippen molar-refractivity contribution in [1.29, 1.82) is 0 Å². The van der Waals surface area contributed by atoms with Crippen molar-refractivity contribution in [2.24, 2.45) is 11.8 Å². The number of piperidine rings is 4. The summed E-state index contributed by atoms with van der Waals surface area (Å²) >= 11 is 0. The fourth-order valence-corrected chi connectivity index (χ4v) is 11.4. The second-order valence-electron chi connectivity index (χ2n) is 23.2. The average Bonchev–Trinajstić information content (AvgIpc) is 2.87. The molecule has 4 aliphatic heterocycles. The van der Waals surface area contributed by atoms with Gasteiger partial charge in [0.25, 0.3) is 0 Å². The summed E-state index contributed by atoms with van der Waals surface area (Å²) in [4.78, 5) is 57.3. The Kier molecular flexibility index (Phi) is 19.3. The van der Waals surface area contributed by atoms with Gasteiger partial charge in [-0.3, -0.25) is 19.2 Å². The van der Waals surface area contributed by atoms with Gasteiger partial charge in [0.2, 0.25) is 0 Å². The van der Waals surface area contributed by atoms with E-state index in [1.165, 1.54) is 0 Å². The van der Waals surface area contributed by atoms with Gasteiger partial charge in [0.1, 0.15) is 24.4 Å². The van der Waals surface area contributed by atoms with Crippen molar-refractivity contribution in [3.8, 4) is 0 Å². The number of esters is 4. The lowest BCUT2D eigenvalue weighted by Crippen LogP contribution is -2.60. The highest BCUT2D eigenvalue weighted by Gasteiger charge is 2.48. The van der Waals surface area contributed by atoms with E-state index in [9.17, 15) is 19.2 Å². The van der Waals surface area contributed by atoms with Crippen molar-refractivity contribution >= 4 is 23.9 Å². The molecule has 12 heteroatoms. The van der Waals surface area contributed by atoms with Crippen LogP contribution in [0, 0.1) is 11.8 Å². The first-order chi connectivity index (χ1) is 25.1. The Labute approximate surface area is 367 Å². The van der Waals surface area contributed by atoms with Crippen molar-refractivity contribution in [2.75, 3.05) is 0 Å².